The molecule has 0 aromatic heterocycles. The van der Waals surface area contributed by atoms with Gasteiger partial charge in [0.1, 0.15) is 0 Å². The van der Waals surface area contributed by atoms with E-state index in [9.17, 15) is 4.79 Å². The number of ether oxygens (including phenoxy) is 1. The van der Waals surface area contributed by atoms with Crippen LogP contribution in [0.25, 0.3) is 0 Å². The lowest BCUT2D eigenvalue weighted by molar-refractivity contribution is 0.140. The summed E-state index contributed by atoms with van der Waals surface area (Å²) in [5.41, 5.74) is 0. The molecule has 0 rings (SSSR count). The zero-order valence-electron chi connectivity index (χ0n) is 7.19. The van der Waals surface area contributed by atoms with Gasteiger partial charge in [0.15, 0.2) is 0 Å². The van der Waals surface area contributed by atoms with Crippen LogP contribution in [0.2, 0.25) is 0 Å². The maximum atomic E-state index is 10.7. The van der Waals surface area contributed by atoms with Gasteiger partial charge >= 0.3 is 6.09 Å². The van der Waals surface area contributed by atoms with Gasteiger partial charge in [0.25, 0.3) is 0 Å². The summed E-state index contributed by atoms with van der Waals surface area (Å²) in [6, 6.07) is 0. The normalized spacial score (nSPS) is 9.58. The van der Waals surface area contributed by atoms with Gasteiger partial charge in [-0.05, 0) is 32.1 Å². The smallest absolute Gasteiger partial charge is 0.429 e. The quantitative estimate of drug-likeness (QED) is 0.538. The minimum absolute atomic E-state index is 0.455. The van der Waals surface area contributed by atoms with Crippen molar-refractivity contribution in [2.45, 2.75) is 32.6 Å². The first kappa shape index (κ1) is 12.0. The topological polar surface area (TPSA) is 29.5 Å². The number of hydrogen-bond donors (Lipinski definition) is 2. The van der Waals surface area contributed by atoms with Gasteiger partial charge in [-0.25, -0.2) is 4.79 Å². The lowest BCUT2D eigenvalue weighted by Crippen LogP contribution is -2.13. The third-order valence-electron chi connectivity index (χ3n) is 1.39. The van der Waals surface area contributed by atoms with Crippen LogP contribution in [0.4, 0.5) is 4.79 Å². The molecule has 0 fully saturated rings. The van der Waals surface area contributed by atoms with Crippen LogP contribution in [0.1, 0.15) is 32.6 Å². The first-order chi connectivity index (χ1) is 5.68. The van der Waals surface area contributed by atoms with E-state index in [1.807, 2.05) is 0 Å². The number of amides is 1. The maximum absolute atomic E-state index is 10.7. The van der Waals surface area contributed by atoms with E-state index in [4.69, 9.17) is 4.74 Å². The van der Waals surface area contributed by atoms with Crippen LogP contribution in [0.3, 0.4) is 0 Å². The minimum Gasteiger partial charge on any atom is -0.448 e. The monoisotopic (exact) mass is 209 g/mol. The lowest BCUT2D eigenvalue weighted by atomic mass is 10.2. The van der Waals surface area contributed by atoms with Crippen LogP contribution in [0, 0.1) is 0 Å². The number of carbonyl (C=O) groups is 1. The van der Waals surface area contributed by atoms with Crippen molar-refractivity contribution in [2.75, 3.05) is 6.61 Å². The van der Waals surface area contributed by atoms with Crippen molar-refractivity contribution < 1.29 is 9.53 Å². The summed E-state index contributed by atoms with van der Waals surface area (Å²) < 4.78 is 5.62. The number of rotatable bonds is 5. The molecule has 72 valence electrons. The molecular weight excluding hydrogens is 194 g/mol. The summed E-state index contributed by atoms with van der Waals surface area (Å²) >= 11 is 7.32. The van der Waals surface area contributed by atoms with E-state index in [0.29, 0.717) is 6.61 Å². The van der Waals surface area contributed by atoms with Crippen molar-refractivity contribution in [3.05, 3.63) is 0 Å². The summed E-state index contributed by atoms with van der Waals surface area (Å²) in [7, 11) is 0. The highest BCUT2D eigenvalue weighted by molar-refractivity contribution is 7.94. The molecule has 0 aliphatic heterocycles. The summed E-state index contributed by atoms with van der Waals surface area (Å²) in [4.78, 5) is 10.7. The van der Waals surface area contributed by atoms with Crippen molar-refractivity contribution in [1.82, 2.24) is 3.71 Å². The predicted octanol–water partition coefficient (Wildman–Crippen LogP) is 2.69. The minimum atomic E-state index is -0.516. The van der Waals surface area contributed by atoms with E-state index >= 15 is 0 Å². The average molecular weight is 209 g/mol. The third kappa shape index (κ3) is 6.67. The zero-order chi connectivity index (χ0) is 9.40. The molecule has 0 atom stereocenters. The molecule has 0 aliphatic rings. The first-order valence-electron chi connectivity index (χ1n) is 4.03. The number of thiol groups is 2. The van der Waals surface area contributed by atoms with E-state index in [1.54, 1.807) is 0 Å². The second-order valence-electron chi connectivity index (χ2n) is 2.46. The highest BCUT2D eigenvalue weighted by Gasteiger charge is 2.04. The van der Waals surface area contributed by atoms with E-state index < -0.39 is 6.09 Å². The van der Waals surface area contributed by atoms with Gasteiger partial charge in [0.2, 0.25) is 0 Å². The second-order valence-corrected chi connectivity index (χ2v) is 3.58. The highest BCUT2D eigenvalue weighted by Crippen LogP contribution is 2.03. The third-order valence-corrected chi connectivity index (χ3v) is 1.71. The van der Waals surface area contributed by atoms with Gasteiger partial charge in [-0.2, -0.15) is 3.71 Å². The van der Waals surface area contributed by atoms with Crippen molar-refractivity contribution >= 4 is 31.7 Å². The van der Waals surface area contributed by atoms with E-state index in [2.05, 4.69) is 32.6 Å². The molecule has 0 heterocycles. The Morgan fingerprint density at radius 2 is 2.00 bits per heavy atom. The Kier molecular flexibility index (Phi) is 7.59. The zero-order valence-corrected chi connectivity index (χ0v) is 8.98. The van der Waals surface area contributed by atoms with Crippen LogP contribution in [0.15, 0.2) is 0 Å². The summed E-state index contributed by atoms with van der Waals surface area (Å²) in [6.45, 7) is 2.59. The highest BCUT2D eigenvalue weighted by atomic mass is 32.2. The van der Waals surface area contributed by atoms with Crippen LogP contribution in [-0.2, 0) is 4.74 Å². The molecule has 0 saturated carbocycles. The summed E-state index contributed by atoms with van der Waals surface area (Å²) in [5, 5.41) is 0. The van der Waals surface area contributed by atoms with Gasteiger partial charge in [-0.3, -0.25) is 0 Å². The Balaban J connectivity index is 3.14. The van der Waals surface area contributed by atoms with E-state index in [-0.39, 0.29) is 0 Å². The Morgan fingerprint density at radius 3 is 2.50 bits per heavy atom. The van der Waals surface area contributed by atoms with E-state index in [0.717, 1.165) is 16.6 Å². The SMILES string of the molecule is CCCCCCOC(=O)N(S)S. The predicted molar refractivity (Wildman–Crippen MR) is 55.3 cm³/mol. The van der Waals surface area contributed by atoms with Gasteiger partial charge in [-0.1, -0.05) is 26.2 Å². The van der Waals surface area contributed by atoms with Gasteiger partial charge < -0.3 is 4.74 Å². The average Bonchev–Trinajstić information content (AvgIpc) is 2.03. The molecule has 0 aromatic carbocycles. The molecule has 5 heteroatoms. The fraction of sp³-hybridized carbons (Fsp3) is 0.857. The number of carbonyl (C=O) groups excluding carboxylic acids is 1. The molecule has 0 radical (unpaired) electrons. The van der Waals surface area contributed by atoms with Gasteiger partial charge in [0.05, 0.1) is 6.61 Å². The fourth-order valence-electron chi connectivity index (χ4n) is 0.746. The molecule has 0 unspecified atom stereocenters. The molecule has 0 aromatic rings. The Hall–Kier alpha value is -0.0300. The first-order valence-corrected chi connectivity index (χ1v) is 4.83. The summed E-state index contributed by atoms with van der Waals surface area (Å²) in [5.74, 6) is 0. The molecule has 1 amide bonds. The van der Waals surface area contributed by atoms with Crippen molar-refractivity contribution in [3.63, 3.8) is 0 Å². The molecule has 0 spiro atoms. The molecule has 0 bridgehead atoms. The molecular formula is C7H15NO2S2. The summed E-state index contributed by atoms with van der Waals surface area (Å²) in [6.07, 6.45) is 3.86. The Labute approximate surface area is 84.5 Å². The Morgan fingerprint density at radius 1 is 1.33 bits per heavy atom. The van der Waals surface area contributed by atoms with Crippen LogP contribution in [0.5, 0.6) is 0 Å². The molecule has 0 saturated heterocycles. The van der Waals surface area contributed by atoms with Crippen molar-refractivity contribution in [1.29, 1.82) is 0 Å². The number of nitrogens with zero attached hydrogens (tertiary/aromatic N) is 1. The lowest BCUT2D eigenvalue weighted by Gasteiger charge is -2.07. The van der Waals surface area contributed by atoms with Crippen molar-refractivity contribution in [2.24, 2.45) is 0 Å². The van der Waals surface area contributed by atoms with E-state index in [1.165, 1.54) is 12.8 Å². The van der Waals surface area contributed by atoms with Gasteiger partial charge in [0, 0.05) is 0 Å². The van der Waals surface area contributed by atoms with Gasteiger partial charge in [-0.15, -0.1) is 0 Å². The van der Waals surface area contributed by atoms with Crippen LogP contribution < -0.4 is 0 Å². The fourth-order valence-corrected chi connectivity index (χ4v) is 0.862. The molecule has 0 aliphatic carbocycles. The largest absolute Gasteiger partial charge is 0.448 e. The number of unbranched alkanes of at least 4 members (excludes halogenated alkanes) is 3. The van der Waals surface area contributed by atoms with Crippen LogP contribution >= 0.6 is 25.6 Å². The molecule has 12 heavy (non-hydrogen) atoms. The Bertz CT molecular complexity index is 131. The second kappa shape index (κ2) is 7.61. The maximum Gasteiger partial charge on any atom is 0.429 e. The molecule has 0 N–H and O–H groups in total. The van der Waals surface area contributed by atoms with Crippen molar-refractivity contribution in [3.8, 4) is 0 Å². The number of hydrogen-bond acceptors (Lipinski definition) is 4. The molecule has 3 nitrogen and oxygen atoms in total. The van der Waals surface area contributed by atoms with Crippen LogP contribution in [-0.4, -0.2) is 16.4 Å². The standard InChI is InChI=1S/C7H15NO2S2/c1-2-3-4-5-6-10-7(9)8(11)12/h11-12H,2-6H2,1H3.